The molecule has 0 aromatic heterocycles. The Balaban J connectivity index is 2.97. The number of methoxy groups -OCH3 is 1. The molecule has 0 heterocycles. The minimum Gasteiger partial charge on any atom is -0.493 e. The van der Waals surface area contributed by atoms with Gasteiger partial charge in [-0.1, -0.05) is 25.4 Å². The highest BCUT2D eigenvalue weighted by Crippen LogP contribution is 2.37. The molecule has 0 radical (unpaired) electrons. The molecule has 1 atom stereocenters. The van der Waals surface area contributed by atoms with Crippen LogP contribution in [0.15, 0.2) is 12.1 Å². The standard InChI is InChI=1S/C14H19ClO3/c1-9(2)5-10(3)18-14-12(15)6-11(8-16)7-13(14)17-4/h6-10H,5H2,1-4H3. The topological polar surface area (TPSA) is 35.5 Å². The van der Waals surface area contributed by atoms with Crippen LogP contribution in [0.1, 0.15) is 37.6 Å². The van der Waals surface area contributed by atoms with Crippen molar-refractivity contribution in [2.24, 2.45) is 5.92 Å². The third-order valence-electron chi connectivity index (χ3n) is 2.51. The number of hydrogen-bond acceptors (Lipinski definition) is 3. The summed E-state index contributed by atoms with van der Waals surface area (Å²) in [7, 11) is 1.53. The second kappa shape index (κ2) is 6.64. The summed E-state index contributed by atoms with van der Waals surface area (Å²) >= 11 is 6.11. The first-order chi connectivity index (χ1) is 8.47. The van der Waals surface area contributed by atoms with Crippen LogP contribution in [0.2, 0.25) is 5.02 Å². The van der Waals surface area contributed by atoms with Crippen LogP contribution in [0.4, 0.5) is 0 Å². The SMILES string of the molecule is COc1cc(C=O)cc(Cl)c1OC(C)CC(C)C. The molecule has 0 aliphatic heterocycles. The highest BCUT2D eigenvalue weighted by Gasteiger charge is 2.15. The fourth-order valence-electron chi connectivity index (χ4n) is 1.84. The van der Waals surface area contributed by atoms with E-state index in [9.17, 15) is 4.79 Å². The molecule has 1 aromatic rings. The van der Waals surface area contributed by atoms with Crippen LogP contribution in [0.5, 0.6) is 11.5 Å². The highest BCUT2D eigenvalue weighted by molar-refractivity contribution is 6.32. The van der Waals surface area contributed by atoms with Gasteiger partial charge in [0.25, 0.3) is 0 Å². The number of carbonyl (C=O) groups is 1. The van der Waals surface area contributed by atoms with Gasteiger partial charge in [0, 0.05) is 5.56 Å². The maximum absolute atomic E-state index is 10.8. The van der Waals surface area contributed by atoms with Gasteiger partial charge in [0.1, 0.15) is 6.29 Å². The summed E-state index contributed by atoms with van der Waals surface area (Å²) in [6.45, 7) is 6.26. The monoisotopic (exact) mass is 270 g/mol. The molecule has 1 aromatic carbocycles. The molecule has 0 aliphatic carbocycles. The van der Waals surface area contributed by atoms with Gasteiger partial charge in [-0.2, -0.15) is 0 Å². The lowest BCUT2D eigenvalue weighted by Gasteiger charge is -2.19. The smallest absolute Gasteiger partial charge is 0.180 e. The first-order valence-corrected chi connectivity index (χ1v) is 6.35. The fourth-order valence-corrected chi connectivity index (χ4v) is 2.10. The molecular formula is C14H19ClO3. The zero-order valence-corrected chi connectivity index (χ0v) is 12.0. The molecule has 0 aliphatic rings. The number of hydrogen-bond donors (Lipinski definition) is 0. The van der Waals surface area contributed by atoms with Crippen LogP contribution in [-0.4, -0.2) is 19.5 Å². The zero-order valence-electron chi connectivity index (χ0n) is 11.2. The molecule has 1 unspecified atom stereocenters. The molecule has 0 N–H and O–H groups in total. The van der Waals surface area contributed by atoms with Crippen LogP contribution in [0, 0.1) is 5.92 Å². The molecular weight excluding hydrogens is 252 g/mol. The molecule has 4 heteroatoms. The van der Waals surface area contributed by atoms with Crippen molar-refractivity contribution in [3.05, 3.63) is 22.7 Å². The van der Waals surface area contributed by atoms with Crippen molar-refractivity contribution < 1.29 is 14.3 Å². The van der Waals surface area contributed by atoms with Gasteiger partial charge in [0.15, 0.2) is 11.5 Å². The van der Waals surface area contributed by atoms with E-state index in [4.69, 9.17) is 21.1 Å². The Morgan fingerprint density at radius 3 is 2.50 bits per heavy atom. The minimum absolute atomic E-state index is 0.0403. The van der Waals surface area contributed by atoms with Crippen molar-refractivity contribution in [3.8, 4) is 11.5 Å². The first kappa shape index (κ1) is 14.8. The van der Waals surface area contributed by atoms with Gasteiger partial charge < -0.3 is 9.47 Å². The first-order valence-electron chi connectivity index (χ1n) is 5.97. The van der Waals surface area contributed by atoms with Gasteiger partial charge in [-0.15, -0.1) is 0 Å². The predicted octanol–water partition coefficient (Wildman–Crippen LogP) is 3.97. The van der Waals surface area contributed by atoms with Gasteiger partial charge >= 0.3 is 0 Å². The van der Waals surface area contributed by atoms with E-state index in [1.807, 2.05) is 6.92 Å². The van der Waals surface area contributed by atoms with Crippen molar-refractivity contribution in [1.82, 2.24) is 0 Å². The second-order valence-electron chi connectivity index (χ2n) is 4.71. The van der Waals surface area contributed by atoms with Crippen molar-refractivity contribution in [3.63, 3.8) is 0 Å². The molecule has 0 saturated heterocycles. The fraction of sp³-hybridized carbons (Fsp3) is 0.500. The van der Waals surface area contributed by atoms with E-state index in [2.05, 4.69) is 13.8 Å². The largest absolute Gasteiger partial charge is 0.493 e. The molecule has 0 bridgehead atoms. The molecule has 100 valence electrons. The Bertz CT molecular complexity index is 416. The van der Waals surface area contributed by atoms with Crippen LogP contribution >= 0.6 is 11.6 Å². The Morgan fingerprint density at radius 1 is 1.33 bits per heavy atom. The van der Waals surface area contributed by atoms with Gasteiger partial charge in [-0.25, -0.2) is 0 Å². The molecule has 3 nitrogen and oxygen atoms in total. The average molecular weight is 271 g/mol. The van der Waals surface area contributed by atoms with Crippen LogP contribution in [0.25, 0.3) is 0 Å². The van der Waals surface area contributed by atoms with Gasteiger partial charge in [-0.3, -0.25) is 4.79 Å². The average Bonchev–Trinajstić information content (AvgIpc) is 2.30. The van der Waals surface area contributed by atoms with Gasteiger partial charge in [0.2, 0.25) is 0 Å². The molecule has 18 heavy (non-hydrogen) atoms. The normalized spacial score (nSPS) is 12.3. The highest BCUT2D eigenvalue weighted by atomic mass is 35.5. The van der Waals surface area contributed by atoms with Crippen molar-refractivity contribution in [2.45, 2.75) is 33.3 Å². The Hall–Kier alpha value is -1.22. The third kappa shape index (κ3) is 3.91. The minimum atomic E-state index is 0.0403. The van der Waals surface area contributed by atoms with E-state index >= 15 is 0 Å². The van der Waals surface area contributed by atoms with Gasteiger partial charge in [0.05, 0.1) is 18.2 Å². The summed E-state index contributed by atoms with van der Waals surface area (Å²) in [6.07, 6.45) is 1.70. The molecule has 1 rings (SSSR count). The van der Waals surface area contributed by atoms with Crippen molar-refractivity contribution >= 4 is 17.9 Å². The van der Waals surface area contributed by atoms with E-state index in [-0.39, 0.29) is 6.10 Å². The van der Waals surface area contributed by atoms with E-state index < -0.39 is 0 Å². The maximum atomic E-state index is 10.8. The number of halogens is 1. The summed E-state index contributed by atoms with van der Waals surface area (Å²) in [5, 5.41) is 0.395. The number of ether oxygens (including phenoxy) is 2. The Kier molecular flexibility index (Phi) is 5.48. The number of carbonyl (C=O) groups excluding carboxylic acids is 1. The lowest BCUT2D eigenvalue weighted by Crippen LogP contribution is -2.15. The Labute approximate surface area is 113 Å². The van der Waals surface area contributed by atoms with Crippen molar-refractivity contribution in [1.29, 1.82) is 0 Å². The molecule has 0 fully saturated rings. The lowest BCUT2D eigenvalue weighted by molar-refractivity contribution is 0.112. The second-order valence-corrected chi connectivity index (χ2v) is 5.12. The summed E-state index contributed by atoms with van der Waals surface area (Å²) in [5.41, 5.74) is 0.473. The number of benzene rings is 1. The predicted molar refractivity (Wildman–Crippen MR) is 72.9 cm³/mol. The molecule has 0 saturated carbocycles. The van der Waals surface area contributed by atoms with Crippen LogP contribution in [0.3, 0.4) is 0 Å². The zero-order chi connectivity index (χ0) is 13.7. The molecule has 0 spiro atoms. The summed E-state index contributed by atoms with van der Waals surface area (Å²) in [4.78, 5) is 10.8. The Morgan fingerprint density at radius 2 is 2.00 bits per heavy atom. The third-order valence-corrected chi connectivity index (χ3v) is 2.79. The van der Waals surface area contributed by atoms with Crippen LogP contribution in [-0.2, 0) is 0 Å². The van der Waals surface area contributed by atoms with E-state index in [0.29, 0.717) is 28.0 Å². The maximum Gasteiger partial charge on any atom is 0.180 e. The van der Waals surface area contributed by atoms with E-state index in [0.717, 1.165) is 12.7 Å². The molecule has 0 amide bonds. The van der Waals surface area contributed by atoms with E-state index in [1.54, 1.807) is 12.1 Å². The van der Waals surface area contributed by atoms with E-state index in [1.165, 1.54) is 7.11 Å². The van der Waals surface area contributed by atoms with Gasteiger partial charge in [-0.05, 0) is 31.4 Å². The lowest BCUT2D eigenvalue weighted by atomic mass is 10.1. The summed E-state index contributed by atoms with van der Waals surface area (Å²) in [6, 6.07) is 3.20. The number of aldehydes is 1. The summed E-state index contributed by atoms with van der Waals surface area (Å²) in [5.74, 6) is 1.53. The quantitative estimate of drug-likeness (QED) is 0.734. The summed E-state index contributed by atoms with van der Waals surface area (Å²) < 4.78 is 11.0. The number of rotatable bonds is 6. The van der Waals surface area contributed by atoms with Crippen LogP contribution < -0.4 is 9.47 Å². The van der Waals surface area contributed by atoms with Crippen molar-refractivity contribution in [2.75, 3.05) is 7.11 Å².